The molecule has 3 aliphatic rings. The Kier molecular flexibility index (Phi) is 12.2. The third-order valence-electron chi connectivity index (χ3n) is 13.0. The van der Waals surface area contributed by atoms with E-state index in [0.717, 1.165) is 0 Å². The number of methoxy groups -OCH3 is 1. The highest BCUT2D eigenvalue weighted by Gasteiger charge is 2.44. The zero-order valence-corrected chi connectivity index (χ0v) is 36.0. The maximum atomic E-state index is 14.7. The molecule has 3 aromatic carbocycles. The van der Waals surface area contributed by atoms with Crippen molar-refractivity contribution in [2.24, 2.45) is 23.7 Å². The average molecular weight is 858 g/mol. The molecular weight excluding hydrogens is 803 g/mol. The minimum absolute atomic E-state index is 0.00667. The van der Waals surface area contributed by atoms with Gasteiger partial charge in [0.1, 0.15) is 22.7 Å². The second-order valence-corrected chi connectivity index (χ2v) is 17.2. The van der Waals surface area contributed by atoms with Crippen molar-refractivity contribution < 1.29 is 54.1 Å². The fraction of sp³-hybridized carbons (Fsp3) is 0.478. The van der Waals surface area contributed by atoms with E-state index >= 15 is 0 Å². The molecule has 0 radical (unpaired) electrons. The summed E-state index contributed by atoms with van der Waals surface area (Å²) in [6, 6.07) is 3.00. The summed E-state index contributed by atoms with van der Waals surface area (Å²) in [6.45, 7) is 12.2. The summed E-state index contributed by atoms with van der Waals surface area (Å²) in [5, 5.41) is 70.0. The van der Waals surface area contributed by atoms with E-state index in [1.807, 2.05) is 4.90 Å². The van der Waals surface area contributed by atoms with Crippen LogP contribution >= 0.6 is 0 Å². The average Bonchev–Trinajstić information content (AvgIpc) is 3.52. The van der Waals surface area contributed by atoms with Crippen molar-refractivity contribution in [2.45, 2.75) is 97.6 Å². The van der Waals surface area contributed by atoms with Gasteiger partial charge in [0, 0.05) is 85.1 Å². The molecule has 7 rings (SSSR count). The summed E-state index contributed by atoms with van der Waals surface area (Å²) in [7, 11) is 1.44. The van der Waals surface area contributed by atoms with Crippen molar-refractivity contribution in [1.82, 2.24) is 4.98 Å². The van der Waals surface area contributed by atoms with Crippen LogP contribution in [0.4, 0.5) is 11.4 Å². The number of hydrogen-bond donors (Lipinski definition) is 7. The number of hydrogen-bond acceptors (Lipinski definition) is 15. The number of anilines is 2. The Morgan fingerprint density at radius 2 is 1.55 bits per heavy atom. The lowest BCUT2D eigenvalue weighted by Gasteiger charge is -2.36. The Morgan fingerprint density at radius 1 is 0.887 bits per heavy atom. The number of allylic oxidation sites excluding steroid dienone is 2. The van der Waals surface area contributed by atoms with Crippen LogP contribution in [0.25, 0.3) is 38.7 Å². The highest BCUT2D eigenvalue weighted by molar-refractivity contribution is 6.16. The fourth-order valence-corrected chi connectivity index (χ4v) is 8.79. The summed E-state index contributed by atoms with van der Waals surface area (Å²) < 4.78 is 24.4. The summed E-state index contributed by atoms with van der Waals surface area (Å²) in [6.07, 6.45) is 3.92. The van der Waals surface area contributed by atoms with Crippen LogP contribution in [-0.2, 0) is 14.3 Å². The Labute approximate surface area is 357 Å². The molecule has 16 heteroatoms. The number of rotatable bonds is 2. The van der Waals surface area contributed by atoms with E-state index in [9.17, 15) is 45.0 Å². The molecule has 0 aliphatic carbocycles. The number of aromatic nitrogens is 1. The van der Waals surface area contributed by atoms with Crippen LogP contribution in [0.15, 0.2) is 62.3 Å². The quantitative estimate of drug-likeness (QED) is 0.112. The van der Waals surface area contributed by atoms with E-state index in [1.165, 1.54) is 52.4 Å². The summed E-state index contributed by atoms with van der Waals surface area (Å²) in [4.78, 5) is 49.1. The summed E-state index contributed by atoms with van der Waals surface area (Å²) in [5.41, 5.74) is -1.64. The molecule has 1 fully saturated rings. The SMILES string of the molecule is CO[C@H]1/C=C/O[C@@]2(C)Oc3c(C)c(O)c4c(=O)c(c5oc6cc(N7CCC(O)CC7)cc(=O)c6nc5c4c3=C2O)NC(=O)/C(C)=C\C=C\[C@H](C)[C@H](O)[C@@H](C)[C@@H](O)[C@@H](C)[C@H](O)[C@@H]1C. The molecule has 332 valence electrons. The predicted molar refractivity (Wildman–Crippen MR) is 233 cm³/mol. The van der Waals surface area contributed by atoms with Gasteiger partial charge in [-0.05, 0) is 32.8 Å². The highest BCUT2D eigenvalue weighted by atomic mass is 16.7. The second kappa shape index (κ2) is 17.0. The van der Waals surface area contributed by atoms with Crippen LogP contribution in [0.5, 0.6) is 11.5 Å². The van der Waals surface area contributed by atoms with Gasteiger partial charge in [-0.3, -0.25) is 14.4 Å². The molecule has 4 bridgehead atoms. The predicted octanol–water partition coefficient (Wildman–Crippen LogP) is 3.95. The lowest BCUT2D eigenvalue weighted by atomic mass is 9.78. The molecule has 4 aromatic rings. The maximum absolute atomic E-state index is 14.7. The number of phenolic OH excluding ortho intramolecular Hbond substituents is 1. The Bertz CT molecular complexity index is 2700. The van der Waals surface area contributed by atoms with E-state index in [4.69, 9.17) is 23.6 Å². The number of carbonyl (C=O) groups excluding carboxylic acids is 1. The topological polar surface area (TPSA) is 242 Å². The van der Waals surface area contributed by atoms with Gasteiger partial charge in [0.2, 0.25) is 10.9 Å². The number of nitrogens with zero attached hydrogens (tertiary/aromatic N) is 2. The number of aromatic hydroxyl groups is 1. The van der Waals surface area contributed by atoms with Gasteiger partial charge in [0.15, 0.2) is 22.4 Å². The van der Waals surface area contributed by atoms with Crippen molar-refractivity contribution in [1.29, 1.82) is 0 Å². The molecule has 1 amide bonds. The van der Waals surface area contributed by atoms with Crippen LogP contribution in [0.1, 0.15) is 59.9 Å². The smallest absolute Gasteiger partial charge is 0.307 e. The van der Waals surface area contributed by atoms with Gasteiger partial charge in [-0.15, -0.1) is 0 Å². The Morgan fingerprint density at radius 3 is 2.23 bits per heavy atom. The minimum Gasteiger partial charge on any atom is -0.507 e. The van der Waals surface area contributed by atoms with E-state index in [1.54, 1.807) is 45.9 Å². The Hall–Kier alpha value is -5.52. The first-order valence-corrected chi connectivity index (χ1v) is 20.9. The molecule has 3 aliphatic heterocycles. The molecule has 62 heavy (non-hydrogen) atoms. The summed E-state index contributed by atoms with van der Waals surface area (Å²) in [5.74, 6) is -6.30. The number of ether oxygens (including phenoxy) is 3. The fourth-order valence-electron chi connectivity index (χ4n) is 8.79. The lowest BCUT2D eigenvalue weighted by molar-refractivity contribution is -0.112. The van der Waals surface area contributed by atoms with Gasteiger partial charge in [-0.1, -0.05) is 45.9 Å². The number of nitrogens with one attached hydrogen (secondary N) is 1. The van der Waals surface area contributed by atoms with Crippen LogP contribution in [-0.4, -0.2) is 98.0 Å². The molecule has 0 unspecified atom stereocenters. The van der Waals surface area contributed by atoms with Gasteiger partial charge in [0.05, 0.1) is 47.4 Å². The number of fused-ring (bicyclic) bond motifs is 2. The van der Waals surface area contributed by atoms with Crippen molar-refractivity contribution in [3.8, 4) is 11.5 Å². The van der Waals surface area contributed by atoms with Crippen LogP contribution < -0.4 is 31.0 Å². The zero-order chi connectivity index (χ0) is 45.1. The number of aliphatic hydroxyl groups is 5. The molecule has 4 heterocycles. The van der Waals surface area contributed by atoms with E-state index in [2.05, 4.69) is 5.32 Å². The monoisotopic (exact) mass is 857 g/mol. The van der Waals surface area contributed by atoms with E-state index < -0.39 is 93.9 Å². The zero-order valence-electron chi connectivity index (χ0n) is 36.0. The van der Waals surface area contributed by atoms with Crippen molar-refractivity contribution in [2.75, 3.05) is 30.4 Å². The van der Waals surface area contributed by atoms with Crippen LogP contribution in [0.3, 0.4) is 0 Å². The third-order valence-corrected chi connectivity index (χ3v) is 13.0. The second-order valence-electron chi connectivity index (χ2n) is 17.2. The third kappa shape index (κ3) is 7.68. The standard InChI is InChI=1S/C46H55N3O13/c1-20-10-9-11-21(2)45(58)48-36-41(56)32-31(35-43(36)61-30-19-26(18-28(51)34(30)47-35)49-15-12-27(50)13-16-49)33-42(25(6)40(32)55)62-46(7,44(33)57)60-17-14-29(59-8)22(3)38(53)24(5)39(54)23(4)37(20)52/h9-11,14,17-20,22-24,27,29,37-39,50,52-55,57H,12-13,15-16H2,1-8H3,(H,48,58)/b10-9+,17-14+,21-11-/t20-,22+,23+,24-,29-,37-,38+,39+,46-/m0/s1. The van der Waals surface area contributed by atoms with Gasteiger partial charge >= 0.3 is 5.79 Å². The maximum Gasteiger partial charge on any atom is 0.307 e. The molecule has 1 saturated heterocycles. The first kappa shape index (κ1) is 44.5. The van der Waals surface area contributed by atoms with Gasteiger partial charge in [0.25, 0.3) is 5.91 Å². The van der Waals surface area contributed by atoms with Gasteiger partial charge < -0.3 is 59.5 Å². The summed E-state index contributed by atoms with van der Waals surface area (Å²) >= 11 is 0. The molecule has 16 nitrogen and oxygen atoms in total. The number of piperidine rings is 1. The molecular formula is C46H55N3O13. The number of phenols is 1. The minimum atomic E-state index is -1.96. The van der Waals surface area contributed by atoms with Crippen molar-refractivity contribution in [3.05, 3.63) is 79.5 Å². The molecule has 0 spiro atoms. The van der Waals surface area contributed by atoms with E-state index in [-0.39, 0.29) is 55.1 Å². The number of benzene rings is 3. The van der Waals surface area contributed by atoms with Crippen molar-refractivity contribution in [3.63, 3.8) is 0 Å². The number of carbonyl (C=O) groups is 1. The van der Waals surface area contributed by atoms with Crippen LogP contribution in [0.2, 0.25) is 0 Å². The highest BCUT2D eigenvalue weighted by Crippen LogP contribution is 2.42. The number of amides is 1. The van der Waals surface area contributed by atoms with Crippen LogP contribution in [0, 0.1) is 30.6 Å². The first-order valence-electron chi connectivity index (χ1n) is 20.9. The van der Waals surface area contributed by atoms with Crippen molar-refractivity contribution >= 4 is 56.0 Å². The Balaban J connectivity index is 1.49. The largest absolute Gasteiger partial charge is 0.507 e. The normalized spacial score (nSPS) is 31.2. The molecule has 9 atom stereocenters. The molecule has 1 aromatic heterocycles. The van der Waals surface area contributed by atoms with Gasteiger partial charge in [-0.25, -0.2) is 4.98 Å². The molecule has 0 saturated carbocycles. The molecule has 7 N–H and O–H groups in total. The van der Waals surface area contributed by atoms with E-state index in [0.29, 0.717) is 31.6 Å². The van der Waals surface area contributed by atoms with Gasteiger partial charge in [-0.2, -0.15) is 0 Å². The first-order chi connectivity index (χ1) is 29.3. The number of aliphatic hydroxyl groups excluding tert-OH is 5. The lowest BCUT2D eigenvalue weighted by Crippen LogP contribution is -2.44.